The van der Waals surface area contributed by atoms with E-state index >= 15 is 0 Å². The zero-order chi connectivity index (χ0) is 55.2. The Morgan fingerprint density at radius 1 is 0.608 bits per heavy atom. The second-order valence-electron chi connectivity index (χ2n) is 20.9. The van der Waals surface area contributed by atoms with Crippen molar-refractivity contribution in [2.75, 3.05) is 25.0 Å². The number of carbonyl (C=O) groups excluding carboxylic acids is 2. The summed E-state index contributed by atoms with van der Waals surface area (Å²) in [6.45, 7) is 14.9. The van der Waals surface area contributed by atoms with Crippen LogP contribution in [-0.4, -0.2) is 77.8 Å². The van der Waals surface area contributed by atoms with Crippen molar-refractivity contribution in [2.45, 2.75) is 85.1 Å². The Hall–Kier alpha value is -7.62. The van der Waals surface area contributed by atoms with E-state index in [0.29, 0.717) is 26.1 Å². The molecule has 3 aliphatic carbocycles. The Morgan fingerprint density at radius 2 is 1.04 bits per heavy atom. The number of pyridine rings is 3. The van der Waals surface area contributed by atoms with Crippen LogP contribution in [0.25, 0.3) is 66.8 Å². The standard InChI is InChI=1S/C23H25N3O2.C18H17N3.C16H12N2.C5H10O2.C2H6BrN.ClH/c1-23(2,3)28-22(27)25-11-13-26-12-9-17(15-26)19-8-10-24-20-14-16-6-4-5-7-18(16)21(19)20;19-7-10-21-9-6-14(12-21)16-5-8-20-17-11-13-3-1-2-4-15(13)18(16)17;1-2-4-13-11(3-1)9-15-16(13)14(6-8-18-15)12-5-7-17-10-12;1-5(2,3)7-4-6;3-1-2-4;/h4-10,12,15H,11,13-14H2,1-3H3,(H,25,27);1-6,8-9,12H,7,10-11,19H2;1-8,10,17H,9H2;4H,1-3H3;1-2,4H2;1H. The number of alkyl halides is 1. The molecule has 15 heteroatoms. The van der Waals surface area contributed by atoms with E-state index in [4.69, 9.17) is 16.2 Å². The maximum absolute atomic E-state index is 11.8. The van der Waals surface area contributed by atoms with Crippen LogP contribution < -0.4 is 16.8 Å². The summed E-state index contributed by atoms with van der Waals surface area (Å²) in [5.74, 6) is 0. The molecule has 0 bridgehead atoms. The van der Waals surface area contributed by atoms with Crippen molar-refractivity contribution in [3.8, 4) is 66.8 Å². The molecule has 12 rings (SSSR count). The van der Waals surface area contributed by atoms with Crippen molar-refractivity contribution in [3.63, 3.8) is 0 Å². The lowest BCUT2D eigenvalue weighted by Crippen LogP contribution is -2.34. The number of amides is 1. The lowest BCUT2D eigenvalue weighted by Gasteiger charge is -2.19. The first-order valence-electron chi connectivity index (χ1n) is 26.4. The molecule has 6 heterocycles. The molecule has 0 saturated carbocycles. The van der Waals surface area contributed by atoms with Crippen molar-refractivity contribution in [2.24, 2.45) is 11.5 Å². The number of H-pyrrole nitrogens is 1. The molecule has 410 valence electrons. The number of fused-ring (bicyclic) bond motifs is 9. The van der Waals surface area contributed by atoms with Gasteiger partial charge >= 0.3 is 6.09 Å². The van der Waals surface area contributed by atoms with Crippen molar-refractivity contribution in [1.29, 1.82) is 0 Å². The number of rotatable bonds is 10. The Balaban J connectivity index is 0.000000158. The fraction of sp³-hybridized carbons (Fsp3) is 0.266. The third kappa shape index (κ3) is 15.2. The highest BCUT2D eigenvalue weighted by atomic mass is 79.9. The fourth-order valence-corrected chi connectivity index (χ4v) is 9.70. The zero-order valence-electron chi connectivity index (χ0n) is 45.8. The van der Waals surface area contributed by atoms with Crippen LogP contribution in [0.1, 0.15) is 75.3 Å². The highest BCUT2D eigenvalue weighted by Gasteiger charge is 2.26. The minimum atomic E-state index is -0.483. The van der Waals surface area contributed by atoms with E-state index in [1.165, 1.54) is 89.3 Å². The molecule has 3 aromatic carbocycles. The summed E-state index contributed by atoms with van der Waals surface area (Å²) in [7, 11) is 0. The predicted octanol–water partition coefficient (Wildman–Crippen LogP) is 13.1. The molecule has 0 fully saturated rings. The van der Waals surface area contributed by atoms with Gasteiger partial charge < -0.3 is 40.4 Å². The lowest BCUT2D eigenvalue weighted by molar-refractivity contribution is -0.138. The largest absolute Gasteiger partial charge is 0.462 e. The van der Waals surface area contributed by atoms with Crippen LogP contribution in [0.5, 0.6) is 0 Å². The number of ether oxygens (including phenoxy) is 2. The number of aromatic nitrogens is 6. The van der Waals surface area contributed by atoms with Gasteiger partial charge in [-0.05, 0) is 134 Å². The topological polar surface area (TPSA) is 181 Å². The van der Waals surface area contributed by atoms with E-state index in [1.807, 2.05) is 78.7 Å². The SMILES string of the molecule is CC(C)(C)OC(=O)NCCn1ccc(-c2ccnc3c2-c2ccccc2C3)c1.CC(C)(C)OC=O.Cl.NCCBr.NCCn1ccc(-c2ccnc3c2-c2ccccc2C3)c1.c1ccc2c(c1)Cc1nccc(-c3cc[nH]c3)c1-2. The van der Waals surface area contributed by atoms with E-state index in [9.17, 15) is 9.59 Å². The fourth-order valence-electron chi connectivity index (χ4n) is 9.70. The Bertz CT molecular complexity index is 3450. The van der Waals surface area contributed by atoms with E-state index in [-0.39, 0.29) is 24.1 Å². The quantitative estimate of drug-likeness (QED) is 0.0765. The summed E-state index contributed by atoms with van der Waals surface area (Å²) in [4.78, 5) is 38.2. The smallest absolute Gasteiger partial charge is 0.407 e. The maximum Gasteiger partial charge on any atom is 0.407 e. The maximum atomic E-state index is 11.8. The summed E-state index contributed by atoms with van der Waals surface area (Å²) < 4.78 is 14.0. The minimum absolute atomic E-state index is 0. The number of hydrogen-bond acceptors (Lipinski definition) is 9. The number of aromatic amines is 1. The van der Waals surface area contributed by atoms with Gasteiger partial charge in [-0.25, -0.2) is 4.79 Å². The molecule has 9 aromatic rings. The molecule has 0 radical (unpaired) electrons. The molecule has 1 amide bonds. The molecule has 3 aliphatic rings. The molecule has 0 spiro atoms. The Kier molecular flexibility index (Phi) is 20.4. The summed E-state index contributed by atoms with van der Waals surface area (Å²) in [6.07, 6.45) is 20.5. The average Bonchev–Trinajstić information content (AvgIpc) is 4.42. The number of alkyl carbamates (subject to hydrolysis) is 1. The number of halogens is 2. The normalized spacial score (nSPS) is 11.8. The summed E-state index contributed by atoms with van der Waals surface area (Å²) in [5.41, 5.74) is 32.5. The van der Waals surface area contributed by atoms with Gasteiger partial charge in [-0.1, -0.05) is 88.7 Å². The van der Waals surface area contributed by atoms with Gasteiger partial charge in [0.05, 0.1) is 17.1 Å². The van der Waals surface area contributed by atoms with Crippen LogP contribution in [0.4, 0.5) is 4.79 Å². The van der Waals surface area contributed by atoms with Gasteiger partial charge in [-0.15, -0.1) is 12.4 Å². The minimum Gasteiger partial charge on any atom is -0.462 e. The van der Waals surface area contributed by atoms with E-state index in [1.54, 1.807) is 0 Å². The van der Waals surface area contributed by atoms with Crippen molar-refractivity contribution in [1.82, 2.24) is 34.4 Å². The van der Waals surface area contributed by atoms with E-state index in [2.05, 4.69) is 183 Å². The lowest BCUT2D eigenvalue weighted by atomic mass is 9.98. The Labute approximate surface area is 478 Å². The van der Waals surface area contributed by atoms with E-state index in [0.717, 1.165) is 48.9 Å². The molecule has 0 saturated heterocycles. The molecule has 0 unspecified atom stereocenters. The van der Waals surface area contributed by atoms with Gasteiger partial charge in [0.2, 0.25) is 0 Å². The molecule has 0 atom stereocenters. The van der Waals surface area contributed by atoms with Crippen LogP contribution in [0.15, 0.2) is 165 Å². The number of carbonyl (C=O) groups is 2. The number of benzene rings is 3. The van der Waals surface area contributed by atoms with Crippen molar-refractivity contribution < 1.29 is 19.1 Å². The summed E-state index contributed by atoms with van der Waals surface area (Å²) >= 11 is 3.12. The number of nitrogens with zero attached hydrogens (tertiary/aromatic N) is 5. The zero-order valence-corrected chi connectivity index (χ0v) is 48.2. The highest BCUT2D eigenvalue weighted by Crippen LogP contribution is 2.44. The predicted molar refractivity (Wildman–Crippen MR) is 324 cm³/mol. The second kappa shape index (κ2) is 27.3. The first kappa shape index (κ1) is 59.0. The molecular weight excluding hydrogens is 1070 g/mol. The number of nitrogens with two attached hydrogens (primary N) is 2. The number of nitrogens with one attached hydrogen (secondary N) is 2. The first-order valence-corrected chi connectivity index (χ1v) is 27.5. The third-order valence-electron chi connectivity index (χ3n) is 13.0. The average molecular weight is 1150 g/mol. The van der Waals surface area contributed by atoms with Gasteiger partial charge in [0, 0.05) is 141 Å². The van der Waals surface area contributed by atoms with Crippen molar-refractivity contribution in [3.05, 3.63) is 199 Å². The van der Waals surface area contributed by atoms with Gasteiger partial charge in [0.25, 0.3) is 6.47 Å². The van der Waals surface area contributed by atoms with Crippen LogP contribution in [-0.2, 0) is 46.6 Å². The van der Waals surface area contributed by atoms with Gasteiger partial charge in [-0.3, -0.25) is 19.7 Å². The van der Waals surface area contributed by atoms with Crippen LogP contribution >= 0.6 is 28.3 Å². The first-order chi connectivity index (χ1) is 37.7. The van der Waals surface area contributed by atoms with Crippen molar-refractivity contribution >= 4 is 40.9 Å². The van der Waals surface area contributed by atoms with E-state index < -0.39 is 5.60 Å². The van der Waals surface area contributed by atoms with Gasteiger partial charge in [0.15, 0.2) is 0 Å². The summed E-state index contributed by atoms with van der Waals surface area (Å²) in [5, 5.41) is 3.71. The molecular formula is C64H71BrClN9O4. The Morgan fingerprint density at radius 3 is 1.41 bits per heavy atom. The van der Waals surface area contributed by atoms with Crippen LogP contribution in [0.3, 0.4) is 0 Å². The van der Waals surface area contributed by atoms with Crippen LogP contribution in [0, 0.1) is 0 Å². The molecule has 6 aromatic heterocycles. The molecule has 79 heavy (non-hydrogen) atoms. The monoisotopic (exact) mass is 1140 g/mol. The van der Waals surface area contributed by atoms with Gasteiger partial charge in [-0.2, -0.15) is 0 Å². The molecule has 6 N–H and O–H groups in total. The molecule has 0 aliphatic heterocycles. The van der Waals surface area contributed by atoms with Crippen LogP contribution in [0.2, 0.25) is 0 Å². The van der Waals surface area contributed by atoms with Gasteiger partial charge in [0.1, 0.15) is 11.2 Å². The highest BCUT2D eigenvalue weighted by molar-refractivity contribution is 9.09. The second-order valence-corrected chi connectivity index (χ2v) is 21.7. The number of hydrogen-bond donors (Lipinski definition) is 4. The summed E-state index contributed by atoms with van der Waals surface area (Å²) in [6, 6.07) is 38.4. The molecule has 13 nitrogen and oxygen atoms in total. The third-order valence-corrected chi connectivity index (χ3v) is 13.4.